The summed E-state index contributed by atoms with van der Waals surface area (Å²) in [6.45, 7) is 3.82. The lowest BCUT2D eigenvalue weighted by atomic mass is 10.1. The van der Waals surface area contributed by atoms with Crippen LogP contribution in [0.4, 0.5) is 4.39 Å². The molecule has 0 radical (unpaired) electrons. The first-order valence-corrected chi connectivity index (χ1v) is 7.17. The molecule has 112 valence electrons. The monoisotopic (exact) mass is 310 g/mol. The number of H-pyrrole nitrogens is 1. The average molecular weight is 311 g/mol. The van der Waals surface area contributed by atoms with E-state index >= 15 is 0 Å². The van der Waals surface area contributed by atoms with Crippen molar-refractivity contribution < 1.29 is 4.39 Å². The van der Waals surface area contributed by atoms with Crippen LogP contribution in [0.25, 0.3) is 11.1 Å². The summed E-state index contributed by atoms with van der Waals surface area (Å²) in [5.41, 5.74) is -0.320. The summed E-state index contributed by atoms with van der Waals surface area (Å²) in [5.74, 6) is -0.403. The molecular formula is C15H16ClFN2O2. The van der Waals surface area contributed by atoms with Crippen LogP contribution in [0.2, 0.25) is 5.15 Å². The molecule has 0 fully saturated rings. The highest BCUT2D eigenvalue weighted by Gasteiger charge is 2.18. The van der Waals surface area contributed by atoms with E-state index in [1.54, 1.807) is 0 Å². The first kappa shape index (κ1) is 15.5. The third-order valence-electron chi connectivity index (χ3n) is 3.53. The molecule has 1 aromatic heterocycles. The Hall–Kier alpha value is -1.88. The van der Waals surface area contributed by atoms with E-state index in [4.69, 9.17) is 11.6 Å². The summed E-state index contributed by atoms with van der Waals surface area (Å²) in [6.07, 6.45) is 1.31. The van der Waals surface area contributed by atoms with Crippen molar-refractivity contribution in [1.29, 1.82) is 0 Å². The summed E-state index contributed by atoms with van der Waals surface area (Å²) in [6, 6.07) is 5.23. The summed E-state index contributed by atoms with van der Waals surface area (Å²) >= 11 is 6.01. The SMILES string of the molecule is CCC(CC)n1c(=O)[nH]c(Cl)c(-c2ccc(F)cc2)c1=O. The van der Waals surface area contributed by atoms with Gasteiger partial charge in [0.25, 0.3) is 5.56 Å². The molecule has 0 aliphatic carbocycles. The number of rotatable bonds is 4. The Balaban J connectivity index is 2.73. The van der Waals surface area contributed by atoms with Crippen LogP contribution in [0.3, 0.4) is 0 Å². The number of nitrogens with one attached hydrogen (secondary N) is 1. The predicted octanol–water partition coefficient (Wildman–Crippen LogP) is 3.36. The molecule has 0 aliphatic heterocycles. The minimum absolute atomic E-state index is 0.0289. The Labute approximate surface area is 126 Å². The van der Waals surface area contributed by atoms with Gasteiger partial charge in [-0.3, -0.25) is 14.3 Å². The van der Waals surface area contributed by atoms with Crippen LogP contribution >= 0.6 is 11.6 Å². The van der Waals surface area contributed by atoms with Gasteiger partial charge in [0.15, 0.2) is 0 Å². The second-order valence-electron chi connectivity index (χ2n) is 4.77. The molecule has 1 N–H and O–H groups in total. The van der Waals surface area contributed by atoms with E-state index in [1.165, 1.54) is 28.8 Å². The standard InChI is InChI=1S/C15H16ClFN2O2/c1-3-11(4-2)19-14(20)12(13(16)18-15(19)21)9-5-7-10(17)8-6-9/h5-8,11H,3-4H2,1-2H3,(H,18,21). The molecule has 0 spiro atoms. The zero-order valence-corrected chi connectivity index (χ0v) is 12.6. The van der Waals surface area contributed by atoms with Gasteiger partial charge in [0.1, 0.15) is 11.0 Å². The third kappa shape index (κ3) is 2.93. The normalized spacial score (nSPS) is 11.1. The van der Waals surface area contributed by atoms with Crippen molar-refractivity contribution in [2.45, 2.75) is 32.7 Å². The molecule has 1 heterocycles. The molecule has 2 rings (SSSR count). The van der Waals surface area contributed by atoms with Crippen molar-refractivity contribution in [3.63, 3.8) is 0 Å². The molecule has 0 saturated heterocycles. The predicted molar refractivity (Wildman–Crippen MR) is 81.3 cm³/mol. The molecule has 4 nitrogen and oxygen atoms in total. The number of hydrogen-bond acceptors (Lipinski definition) is 2. The highest BCUT2D eigenvalue weighted by atomic mass is 35.5. The molecule has 0 atom stereocenters. The van der Waals surface area contributed by atoms with E-state index in [1.807, 2.05) is 13.8 Å². The Bertz CT molecular complexity index is 746. The lowest BCUT2D eigenvalue weighted by molar-refractivity contribution is 0.440. The molecule has 2 aromatic rings. The minimum Gasteiger partial charge on any atom is -0.297 e. The van der Waals surface area contributed by atoms with Crippen molar-refractivity contribution in [1.82, 2.24) is 9.55 Å². The average Bonchev–Trinajstić information content (AvgIpc) is 2.45. The first-order chi connectivity index (χ1) is 9.99. The van der Waals surface area contributed by atoms with E-state index in [0.717, 1.165) is 0 Å². The van der Waals surface area contributed by atoms with Crippen LogP contribution in [0.5, 0.6) is 0 Å². The topological polar surface area (TPSA) is 54.9 Å². The molecule has 0 aliphatic rings. The van der Waals surface area contributed by atoms with Gasteiger partial charge in [-0.05, 0) is 30.5 Å². The van der Waals surface area contributed by atoms with Crippen molar-refractivity contribution in [2.24, 2.45) is 0 Å². The van der Waals surface area contributed by atoms with Crippen molar-refractivity contribution in [3.05, 3.63) is 56.1 Å². The Kier molecular flexibility index (Phi) is 4.63. The third-order valence-corrected chi connectivity index (χ3v) is 3.81. The molecule has 0 saturated carbocycles. The summed E-state index contributed by atoms with van der Waals surface area (Å²) in [5, 5.41) is -0.0289. The summed E-state index contributed by atoms with van der Waals surface area (Å²) in [4.78, 5) is 27.1. The number of halogens is 2. The first-order valence-electron chi connectivity index (χ1n) is 6.79. The largest absolute Gasteiger partial charge is 0.329 e. The maximum absolute atomic E-state index is 13.0. The van der Waals surface area contributed by atoms with Crippen LogP contribution in [-0.4, -0.2) is 9.55 Å². The van der Waals surface area contributed by atoms with Gasteiger partial charge in [0.2, 0.25) is 0 Å². The molecule has 0 amide bonds. The molecule has 0 bridgehead atoms. The highest BCUT2D eigenvalue weighted by Crippen LogP contribution is 2.23. The van der Waals surface area contributed by atoms with Gasteiger partial charge in [-0.15, -0.1) is 0 Å². The Morgan fingerprint density at radius 2 is 1.76 bits per heavy atom. The van der Waals surface area contributed by atoms with Crippen LogP contribution in [0.15, 0.2) is 33.9 Å². The van der Waals surface area contributed by atoms with Gasteiger partial charge in [-0.1, -0.05) is 37.6 Å². The maximum atomic E-state index is 13.0. The quantitative estimate of drug-likeness (QED) is 0.880. The molecule has 21 heavy (non-hydrogen) atoms. The molecule has 1 aromatic carbocycles. The summed E-state index contributed by atoms with van der Waals surface area (Å²) in [7, 11) is 0. The van der Waals surface area contributed by atoms with Gasteiger partial charge in [0, 0.05) is 6.04 Å². The summed E-state index contributed by atoms with van der Waals surface area (Å²) < 4.78 is 14.2. The number of nitrogens with zero attached hydrogens (tertiary/aromatic N) is 1. The number of aromatic amines is 1. The van der Waals surface area contributed by atoms with Crippen molar-refractivity contribution >= 4 is 11.6 Å². The van der Waals surface area contributed by atoms with Crippen LogP contribution < -0.4 is 11.2 Å². The zero-order chi connectivity index (χ0) is 15.6. The van der Waals surface area contributed by atoms with Gasteiger partial charge >= 0.3 is 5.69 Å². The van der Waals surface area contributed by atoms with E-state index in [0.29, 0.717) is 18.4 Å². The second-order valence-corrected chi connectivity index (χ2v) is 5.15. The Morgan fingerprint density at radius 1 is 1.19 bits per heavy atom. The maximum Gasteiger partial charge on any atom is 0.329 e. The Morgan fingerprint density at radius 3 is 2.29 bits per heavy atom. The van der Waals surface area contributed by atoms with Gasteiger partial charge in [-0.25, -0.2) is 9.18 Å². The van der Waals surface area contributed by atoms with Gasteiger partial charge in [-0.2, -0.15) is 0 Å². The fourth-order valence-corrected chi connectivity index (χ4v) is 2.65. The highest BCUT2D eigenvalue weighted by molar-refractivity contribution is 6.32. The van der Waals surface area contributed by atoms with Crippen LogP contribution in [-0.2, 0) is 0 Å². The molecule has 6 heteroatoms. The number of hydrogen-bond donors (Lipinski definition) is 1. The lowest BCUT2D eigenvalue weighted by Gasteiger charge is -2.16. The zero-order valence-electron chi connectivity index (χ0n) is 11.8. The molecular weight excluding hydrogens is 295 g/mol. The van der Waals surface area contributed by atoms with Gasteiger partial charge < -0.3 is 0 Å². The van der Waals surface area contributed by atoms with Crippen molar-refractivity contribution in [2.75, 3.05) is 0 Å². The van der Waals surface area contributed by atoms with Gasteiger partial charge in [0.05, 0.1) is 5.56 Å². The van der Waals surface area contributed by atoms with Crippen LogP contribution in [0, 0.1) is 5.82 Å². The van der Waals surface area contributed by atoms with E-state index in [9.17, 15) is 14.0 Å². The fourth-order valence-electron chi connectivity index (χ4n) is 2.38. The van der Waals surface area contributed by atoms with E-state index < -0.39 is 17.1 Å². The number of benzene rings is 1. The fraction of sp³-hybridized carbons (Fsp3) is 0.333. The second kappa shape index (κ2) is 6.26. The molecule has 0 unspecified atom stereocenters. The smallest absolute Gasteiger partial charge is 0.297 e. The van der Waals surface area contributed by atoms with E-state index in [-0.39, 0.29) is 16.8 Å². The van der Waals surface area contributed by atoms with Crippen molar-refractivity contribution in [3.8, 4) is 11.1 Å². The number of aromatic nitrogens is 2. The van der Waals surface area contributed by atoms with E-state index in [2.05, 4.69) is 4.98 Å². The minimum atomic E-state index is -0.524. The lowest BCUT2D eigenvalue weighted by Crippen LogP contribution is -2.38. The van der Waals surface area contributed by atoms with Crippen LogP contribution in [0.1, 0.15) is 32.7 Å².